The molecule has 3 aromatic rings. The summed E-state index contributed by atoms with van der Waals surface area (Å²) in [6, 6.07) is 12.8. The van der Waals surface area contributed by atoms with Crippen molar-refractivity contribution < 1.29 is 0 Å². The lowest BCUT2D eigenvalue weighted by Crippen LogP contribution is -2.18. The minimum atomic E-state index is 0.923. The highest BCUT2D eigenvalue weighted by atomic mass is 32.1. The zero-order valence-electron chi connectivity index (χ0n) is 11.2. The van der Waals surface area contributed by atoms with E-state index in [1.54, 1.807) is 0 Å². The standard InChI is InChI=1S/C16H17N3S/c1-2-4-14(5-3-1)15-10-16(20-12-15)11-17-6-8-19-9-7-18-13-19/h1-5,7,9-10,12-13,17H,6,8,11H2. The maximum atomic E-state index is 4.03. The Morgan fingerprint density at radius 1 is 1.15 bits per heavy atom. The van der Waals surface area contributed by atoms with Crippen molar-refractivity contribution in [3.63, 3.8) is 0 Å². The van der Waals surface area contributed by atoms with E-state index in [9.17, 15) is 0 Å². The molecule has 3 rings (SSSR count). The van der Waals surface area contributed by atoms with Gasteiger partial charge in [0.15, 0.2) is 0 Å². The Bertz CT molecular complexity index is 629. The molecule has 20 heavy (non-hydrogen) atoms. The van der Waals surface area contributed by atoms with Crippen LogP contribution < -0.4 is 5.32 Å². The van der Waals surface area contributed by atoms with Crippen LogP contribution in [0.25, 0.3) is 11.1 Å². The first-order valence-corrected chi connectivity index (χ1v) is 7.59. The summed E-state index contributed by atoms with van der Waals surface area (Å²) >= 11 is 1.81. The van der Waals surface area contributed by atoms with Crippen LogP contribution in [0.15, 0.2) is 60.5 Å². The van der Waals surface area contributed by atoms with E-state index in [0.717, 1.165) is 19.6 Å². The Kier molecular flexibility index (Phi) is 4.25. The van der Waals surface area contributed by atoms with Gasteiger partial charge in [-0.2, -0.15) is 0 Å². The van der Waals surface area contributed by atoms with Crippen molar-refractivity contribution in [2.24, 2.45) is 0 Å². The number of nitrogens with one attached hydrogen (secondary N) is 1. The Morgan fingerprint density at radius 2 is 2.05 bits per heavy atom. The van der Waals surface area contributed by atoms with E-state index in [1.165, 1.54) is 16.0 Å². The monoisotopic (exact) mass is 283 g/mol. The largest absolute Gasteiger partial charge is 0.336 e. The van der Waals surface area contributed by atoms with Crippen LogP contribution in [-0.2, 0) is 13.1 Å². The van der Waals surface area contributed by atoms with Crippen molar-refractivity contribution in [3.8, 4) is 11.1 Å². The van der Waals surface area contributed by atoms with Gasteiger partial charge in [0.2, 0.25) is 0 Å². The SMILES string of the molecule is c1ccc(-c2csc(CNCCn3ccnc3)c2)cc1. The molecule has 0 saturated heterocycles. The molecule has 1 N–H and O–H groups in total. The van der Waals surface area contributed by atoms with Crippen molar-refractivity contribution in [3.05, 3.63) is 65.4 Å². The van der Waals surface area contributed by atoms with Crippen LogP contribution in [-0.4, -0.2) is 16.1 Å². The van der Waals surface area contributed by atoms with Gasteiger partial charge in [-0.05, 0) is 22.6 Å². The number of thiophene rings is 1. The highest BCUT2D eigenvalue weighted by Gasteiger charge is 2.01. The van der Waals surface area contributed by atoms with Gasteiger partial charge in [-0.25, -0.2) is 4.98 Å². The zero-order chi connectivity index (χ0) is 13.6. The minimum Gasteiger partial charge on any atom is -0.336 e. The molecule has 0 spiro atoms. The van der Waals surface area contributed by atoms with Crippen molar-refractivity contribution in [1.82, 2.24) is 14.9 Å². The zero-order valence-corrected chi connectivity index (χ0v) is 12.0. The van der Waals surface area contributed by atoms with Crippen molar-refractivity contribution in [2.45, 2.75) is 13.1 Å². The summed E-state index contributed by atoms with van der Waals surface area (Å²) in [5, 5.41) is 5.69. The van der Waals surface area contributed by atoms with Crippen LogP contribution in [0.4, 0.5) is 0 Å². The lowest BCUT2D eigenvalue weighted by Gasteiger charge is -2.03. The van der Waals surface area contributed by atoms with E-state index >= 15 is 0 Å². The summed E-state index contributed by atoms with van der Waals surface area (Å²) in [6.45, 7) is 2.83. The Morgan fingerprint density at radius 3 is 2.85 bits per heavy atom. The molecule has 2 heterocycles. The highest BCUT2D eigenvalue weighted by Crippen LogP contribution is 2.25. The lowest BCUT2D eigenvalue weighted by molar-refractivity contribution is 0.600. The second-order valence-corrected chi connectivity index (χ2v) is 5.64. The Hall–Kier alpha value is -1.91. The smallest absolute Gasteiger partial charge is 0.0946 e. The molecule has 102 valence electrons. The van der Waals surface area contributed by atoms with E-state index in [-0.39, 0.29) is 0 Å². The van der Waals surface area contributed by atoms with Gasteiger partial charge in [0, 0.05) is 36.9 Å². The fourth-order valence-electron chi connectivity index (χ4n) is 2.09. The second-order valence-electron chi connectivity index (χ2n) is 4.65. The van der Waals surface area contributed by atoms with Gasteiger partial charge in [-0.15, -0.1) is 11.3 Å². The summed E-state index contributed by atoms with van der Waals surface area (Å²) in [7, 11) is 0. The third-order valence-corrected chi connectivity index (χ3v) is 4.10. The quantitative estimate of drug-likeness (QED) is 0.703. The van der Waals surface area contributed by atoms with Gasteiger partial charge in [0.25, 0.3) is 0 Å². The van der Waals surface area contributed by atoms with Gasteiger partial charge in [-0.3, -0.25) is 0 Å². The average molecular weight is 283 g/mol. The van der Waals surface area contributed by atoms with Crippen LogP contribution in [0.2, 0.25) is 0 Å². The first-order valence-electron chi connectivity index (χ1n) is 6.71. The lowest BCUT2D eigenvalue weighted by atomic mass is 10.1. The third-order valence-electron chi connectivity index (χ3n) is 3.17. The summed E-state index contributed by atoms with van der Waals surface area (Å²) in [5.41, 5.74) is 2.59. The number of hydrogen-bond acceptors (Lipinski definition) is 3. The van der Waals surface area contributed by atoms with Crippen molar-refractivity contribution in [1.29, 1.82) is 0 Å². The van der Waals surface area contributed by atoms with Crippen LogP contribution >= 0.6 is 11.3 Å². The predicted octanol–water partition coefficient (Wildman–Crippen LogP) is 3.40. The molecule has 0 radical (unpaired) electrons. The van der Waals surface area contributed by atoms with Crippen LogP contribution in [0.5, 0.6) is 0 Å². The van der Waals surface area contributed by atoms with Crippen LogP contribution in [0, 0.1) is 0 Å². The summed E-state index contributed by atoms with van der Waals surface area (Å²) in [5.74, 6) is 0. The maximum Gasteiger partial charge on any atom is 0.0946 e. The molecule has 0 aliphatic carbocycles. The molecule has 2 aromatic heterocycles. The second kappa shape index (κ2) is 6.50. The van der Waals surface area contributed by atoms with E-state index in [2.05, 4.69) is 56.6 Å². The van der Waals surface area contributed by atoms with Gasteiger partial charge < -0.3 is 9.88 Å². The molecule has 0 saturated carbocycles. The highest BCUT2D eigenvalue weighted by molar-refractivity contribution is 7.10. The molecule has 4 heteroatoms. The van der Waals surface area contributed by atoms with Crippen molar-refractivity contribution in [2.75, 3.05) is 6.54 Å². The number of hydrogen-bond donors (Lipinski definition) is 1. The Labute approximate surface area is 122 Å². The molecular formula is C16H17N3S. The van der Waals surface area contributed by atoms with Gasteiger partial charge >= 0.3 is 0 Å². The van der Waals surface area contributed by atoms with Crippen LogP contribution in [0.3, 0.4) is 0 Å². The molecule has 0 aliphatic heterocycles. The van der Waals surface area contributed by atoms with E-state index < -0.39 is 0 Å². The molecule has 0 fully saturated rings. The maximum absolute atomic E-state index is 4.03. The van der Waals surface area contributed by atoms with Gasteiger partial charge in [-0.1, -0.05) is 30.3 Å². The molecule has 0 bridgehead atoms. The summed E-state index contributed by atoms with van der Waals surface area (Å²) in [6.07, 6.45) is 5.64. The van der Waals surface area contributed by atoms with Gasteiger partial charge in [0.1, 0.15) is 0 Å². The minimum absolute atomic E-state index is 0.923. The number of nitrogens with zero attached hydrogens (tertiary/aromatic N) is 2. The molecule has 0 amide bonds. The number of rotatable bonds is 6. The van der Waals surface area contributed by atoms with E-state index in [0.29, 0.717) is 0 Å². The van der Waals surface area contributed by atoms with E-state index in [4.69, 9.17) is 0 Å². The summed E-state index contributed by atoms with van der Waals surface area (Å²) in [4.78, 5) is 5.40. The molecule has 0 unspecified atom stereocenters. The average Bonchev–Trinajstić information content (AvgIpc) is 3.16. The van der Waals surface area contributed by atoms with Crippen LogP contribution in [0.1, 0.15) is 4.88 Å². The molecule has 3 nitrogen and oxygen atoms in total. The first kappa shape index (κ1) is 13.1. The summed E-state index contributed by atoms with van der Waals surface area (Å²) < 4.78 is 2.08. The molecular weight excluding hydrogens is 266 g/mol. The number of aromatic nitrogens is 2. The molecule has 0 atom stereocenters. The molecule has 1 aromatic carbocycles. The predicted molar refractivity (Wildman–Crippen MR) is 83.7 cm³/mol. The third kappa shape index (κ3) is 3.35. The number of imidazole rings is 1. The fourth-order valence-corrected chi connectivity index (χ4v) is 2.96. The normalized spacial score (nSPS) is 10.8. The first-order chi connectivity index (χ1) is 9.92. The fraction of sp³-hybridized carbons (Fsp3) is 0.188. The topological polar surface area (TPSA) is 29.9 Å². The number of benzene rings is 1. The Balaban J connectivity index is 1.50. The van der Waals surface area contributed by atoms with E-state index in [1.807, 2.05) is 30.1 Å². The van der Waals surface area contributed by atoms with Gasteiger partial charge in [0.05, 0.1) is 6.33 Å². The molecule has 0 aliphatic rings. The van der Waals surface area contributed by atoms with Crippen molar-refractivity contribution >= 4 is 11.3 Å².